The number of hydrogen-bond acceptors (Lipinski definition) is 5. The van der Waals surface area contributed by atoms with Crippen LogP contribution in [-0.2, 0) is 0 Å². The Balaban J connectivity index is 2.02. The summed E-state index contributed by atoms with van der Waals surface area (Å²) in [7, 11) is 1.73. The van der Waals surface area contributed by atoms with Crippen LogP contribution in [0.2, 0.25) is 5.15 Å². The molecule has 2 rings (SSSR count). The summed E-state index contributed by atoms with van der Waals surface area (Å²) >= 11 is 5.99. The molecule has 0 aliphatic heterocycles. The van der Waals surface area contributed by atoms with Crippen LogP contribution in [0.4, 0.5) is 15.9 Å². The summed E-state index contributed by atoms with van der Waals surface area (Å²) in [5.41, 5.74) is 1.27. The monoisotopic (exact) mass is 324 g/mol. The van der Waals surface area contributed by atoms with Gasteiger partial charge in [0.25, 0.3) is 0 Å². The Morgan fingerprint density at radius 2 is 1.95 bits per heavy atom. The number of aliphatic hydroxyl groups excluding tert-OH is 1. The molecule has 118 valence electrons. The summed E-state index contributed by atoms with van der Waals surface area (Å²) < 4.78 is 12.9. The van der Waals surface area contributed by atoms with Gasteiger partial charge in [-0.3, -0.25) is 0 Å². The molecule has 0 saturated heterocycles. The average Bonchev–Trinajstić information content (AvgIpc) is 2.48. The number of aromatic nitrogens is 2. The second kappa shape index (κ2) is 7.38. The van der Waals surface area contributed by atoms with Crippen molar-refractivity contribution in [3.63, 3.8) is 0 Å². The van der Waals surface area contributed by atoms with Crippen LogP contribution in [0.1, 0.15) is 25.0 Å². The molecule has 1 aromatic carbocycles. The highest BCUT2D eigenvalue weighted by Crippen LogP contribution is 2.27. The standard InChI is InChI=1S/C15H18ClFN4O/c1-9(7-12(22)10-3-5-11(17)6-4-10)21-15-13(18-2)14(16)19-8-20-15/h3-6,8-9,12,18,22H,7H2,1-2H3,(H,19,20,21). The highest BCUT2D eigenvalue weighted by atomic mass is 35.5. The van der Waals surface area contributed by atoms with E-state index in [2.05, 4.69) is 20.6 Å². The van der Waals surface area contributed by atoms with Gasteiger partial charge in [0.15, 0.2) is 11.0 Å². The van der Waals surface area contributed by atoms with Gasteiger partial charge in [-0.1, -0.05) is 23.7 Å². The Kier molecular flexibility index (Phi) is 5.51. The van der Waals surface area contributed by atoms with Gasteiger partial charge >= 0.3 is 0 Å². The predicted octanol–water partition coefficient (Wildman–Crippen LogP) is 3.23. The highest BCUT2D eigenvalue weighted by molar-refractivity contribution is 6.32. The van der Waals surface area contributed by atoms with Gasteiger partial charge in [-0.25, -0.2) is 14.4 Å². The van der Waals surface area contributed by atoms with E-state index in [1.165, 1.54) is 18.5 Å². The second-order valence-electron chi connectivity index (χ2n) is 4.99. The minimum absolute atomic E-state index is 0.0712. The Morgan fingerprint density at radius 1 is 1.27 bits per heavy atom. The maximum absolute atomic E-state index is 12.9. The molecule has 3 N–H and O–H groups in total. The van der Waals surface area contributed by atoms with E-state index in [1.54, 1.807) is 19.2 Å². The molecule has 0 aliphatic rings. The molecule has 0 aliphatic carbocycles. The molecule has 0 bridgehead atoms. The van der Waals surface area contributed by atoms with Gasteiger partial charge in [0.2, 0.25) is 0 Å². The van der Waals surface area contributed by atoms with E-state index in [0.717, 1.165) is 0 Å². The Labute approximate surface area is 133 Å². The average molecular weight is 325 g/mol. The zero-order valence-electron chi connectivity index (χ0n) is 12.3. The molecule has 0 amide bonds. The number of anilines is 2. The van der Waals surface area contributed by atoms with Crippen molar-refractivity contribution in [3.8, 4) is 0 Å². The summed E-state index contributed by atoms with van der Waals surface area (Å²) in [6, 6.07) is 5.75. The van der Waals surface area contributed by atoms with Gasteiger partial charge in [-0.05, 0) is 31.0 Å². The van der Waals surface area contributed by atoms with E-state index in [4.69, 9.17) is 11.6 Å². The number of aliphatic hydroxyl groups is 1. The summed E-state index contributed by atoms with van der Waals surface area (Å²) in [5, 5.41) is 16.6. The van der Waals surface area contributed by atoms with Crippen LogP contribution in [0.3, 0.4) is 0 Å². The van der Waals surface area contributed by atoms with Crippen LogP contribution >= 0.6 is 11.6 Å². The number of benzene rings is 1. The maximum atomic E-state index is 12.9. The molecule has 22 heavy (non-hydrogen) atoms. The number of rotatable bonds is 6. The third-order valence-corrected chi connectivity index (χ3v) is 3.55. The van der Waals surface area contributed by atoms with Crippen molar-refractivity contribution in [1.82, 2.24) is 9.97 Å². The zero-order chi connectivity index (χ0) is 16.1. The Bertz CT molecular complexity index is 623. The largest absolute Gasteiger partial charge is 0.388 e. The molecule has 0 saturated carbocycles. The normalized spacial score (nSPS) is 13.5. The van der Waals surface area contributed by atoms with Crippen molar-refractivity contribution < 1.29 is 9.50 Å². The lowest BCUT2D eigenvalue weighted by Gasteiger charge is -2.20. The Morgan fingerprint density at radius 3 is 2.59 bits per heavy atom. The number of halogens is 2. The van der Waals surface area contributed by atoms with Crippen LogP contribution in [0.25, 0.3) is 0 Å². The number of nitrogens with one attached hydrogen (secondary N) is 2. The van der Waals surface area contributed by atoms with Crippen molar-refractivity contribution >= 4 is 23.1 Å². The van der Waals surface area contributed by atoms with Crippen LogP contribution in [0.5, 0.6) is 0 Å². The van der Waals surface area contributed by atoms with Crippen LogP contribution < -0.4 is 10.6 Å². The fraction of sp³-hybridized carbons (Fsp3) is 0.333. The molecule has 0 fully saturated rings. The SMILES string of the molecule is CNc1c(Cl)ncnc1NC(C)CC(O)c1ccc(F)cc1. The number of nitrogens with zero attached hydrogens (tertiary/aromatic N) is 2. The lowest BCUT2D eigenvalue weighted by molar-refractivity contribution is 0.162. The second-order valence-corrected chi connectivity index (χ2v) is 5.34. The van der Waals surface area contributed by atoms with E-state index < -0.39 is 6.10 Å². The minimum Gasteiger partial charge on any atom is -0.388 e. The molecule has 1 heterocycles. The van der Waals surface area contributed by atoms with Gasteiger partial charge < -0.3 is 15.7 Å². The van der Waals surface area contributed by atoms with Gasteiger partial charge in [-0.2, -0.15) is 0 Å². The fourth-order valence-corrected chi connectivity index (χ4v) is 2.37. The van der Waals surface area contributed by atoms with Crippen molar-refractivity contribution in [2.75, 3.05) is 17.7 Å². The third-order valence-electron chi connectivity index (χ3n) is 3.27. The van der Waals surface area contributed by atoms with E-state index in [-0.39, 0.29) is 11.9 Å². The molecule has 2 atom stereocenters. The van der Waals surface area contributed by atoms with E-state index in [0.29, 0.717) is 28.6 Å². The van der Waals surface area contributed by atoms with E-state index in [9.17, 15) is 9.50 Å². The molecule has 0 radical (unpaired) electrons. The lowest BCUT2D eigenvalue weighted by Crippen LogP contribution is -2.20. The van der Waals surface area contributed by atoms with E-state index >= 15 is 0 Å². The maximum Gasteiger partial charge on any atom is 0.157 e. The van der Waals surface area contributed by atoms with Gasteiger partial charge in [0, 0.05) is 13.1 Å². The molecule has 0 spiro atoms. The summed E-state index contributed by atoms with van der Waals surface area (Å²) in [4.78, 5) is 8.04. The molecular formula is C15H18ClFN4O. The Hall–Kier alpha value is -1.92. The van der Waals surface area contributed by atoms with E-state index in [1.807, 2.05) is 6.92 Å². The van der Waals surface area contributed by atoms with Crippen LogP contribution in [-0.4, -0.2) is 28.2 Å². The molecule has 2 unspecified atom stereocenters. The smallest absolute Gasteiger partial charge is 0.157 e. The predicted molar refractivity (Wildman–Crippen MR) is 85.7 cm³/mol. The first-order valence-electron chi connectivity index (χ1n) is 6.89. The molecular weight excluding hydrogens is 307 g/mol. The van der Waals surface area contributed by atoms with Crippen molar-refractivity contribution in [2.45, 2.75) is 25.5 Å². The quantitative estimate of drug-likeness (QED) is 0.712. The van der Waals surface area contributed by atoms with Gasteiger partial charge in [0.1, 0.15) is 17.8 Å². The number of hydrogen-bond donors (Lipinski definition) is 3. The first-order chi connectivity index (χ1) is 10.5. The zero-order valence-corrected chi connectivity index (χ0v) is 13.1. The lowest BCUT2D eigenvalue weighted by atomic mass is 10.0. The summed E-state index contributed by atoms with van der Waals surface area (Å²) in [6.07, 6.45) is 1.11. The van der Waals surface area contributed by atoms with Crippen molar-refractivity contribution in [3.05, 3.63) is 47.1 Å². The topological polar surface area (TPSA) is 70.1 Å². The van der Waals surface area contributed by atoms with Crippen LogP contribution in [0, 0.1) is 5.82 Å². The fourth-order valence-electron chi connectivity index (χ4n) is 2.14. The third kappa shape index (κ3) is 4.05. The van der Waals surface area contributed by atoms with Crippen LogP contribution in [0.15, 0.2) is 30.6 Å². The van der Waals surface area contributed by atoms with Gasteiger partial charge in [-0.15, -0.1) is 0 Å². The van der Waals surface area contributed by atoms with Crippen molar-refractivity contribution in [2.24, 2.45) is 0 Å². The molecule has 7 heteroatoms. The first kappa shape index (κ1) is 16.5. The van der Waals surface area contributed by atoms with Gasteiger partial charge in [0.05, 0.1) is 6.10 Å². The molecule has 2 aromatic rings. The molecule has 1 aromatic heterocycles. The summed E-state index contributed by atoms with van der Waals surface area (Å²) in [5.74, 6) is 0.248. The highest BCUT2D eigenvalue weighted by Gasteiger charge is 2.15. The summed E-state index contributed by atoms with van der Waals surface area (Å²) in [6.45, 7) is 1.92. The molecule has 5 nitrogen and oxygen atoms in total. The first-order valence-corrected chi connectivity index (χ1v) is 7.27. The minimum atomic E-state index is -0.696. The van der Waals surface area contributed by atoms with Crippen molar-refractivity contribution in [1.29, 1.82) is 0 Å².